The van der Waals surface area contributed by atoms with Crippen LogP contribution in [0.2, 0.25) is 0 Å². The molecule has 0 aromatic heterocycles. The van der Waals surface area contributed by atoms with Crippen LogP contribution in [0.5, 0.6) is 0 Å². The van der Waals surface area contributed by atoms with E-state index >= 15 is 0 Å². The maximum Gasteiger partial charge on any atom is 0.128 e. The summed E-state index contributed by atoms with van der Waals surface area (Å²) in [7, 11) is 0. The molecular formula is C9H16O2. The average molecular weight is 156 g/mol. The highest BCUT2D eigenvalue weighted by atomic mass is 16.5. The van der Waals surface area contributed by atoms with Gasteiger partial charge in [0.1, 0.15) is 6.10 Å². The Balaban J connectivity index is 1.85. The van der Waals surface area contributed by atoms with Gasteiger partial charge in [-0.1, -0.05) is 19.9 Å². The average Bonchev–Trinajstić information content (AvgIpc) is 1.94. The van der Waals surface area contributed by atoms with Crippen LogP contribution in [0.25, 0.3) is 0 Å². The molecule has 2 nitrogen and oxygen atoms in total. The molecule has 0 aromatic carbocycles. The second-order valence-corrected chi connectivity index (χ2v) is 2.91. The van der Waals surface area contributed by atoms with Crippen LogP contribution in [-0.2, 0) is 9.47 Å². The van der Waals surface area contributed by atoms with Crippen LogP contribution < -0.4 is 0 Å². The van der Waals surface area contributed by atoms with Gasteiger partial charge >= 0.3 is 0 Å². The largest absolute Gasteiger partial charge is 0.492 e. The lowest BCUT2D eigenvalue weighted by Gasteiger charge is -2.29. The Morgan fingerprint density at radius 1 is 1.73 bits per heavy atom. The smallest absolute Gasteiger partial charge is 0.128 e. The summed E-state index contributed by atoms with van der Waals surface area (Å²) in [5, 5.41) is 0. The summed E-state index contributed by atoms with van der Waals surface area (Å²) in [4.78, 5) is 0. The summed E-state index contributed by atoms with van der Waals surface area (Å²) in [6, 6.07) is 0. The molecule has 0 amide bonds. The van der Waals surface area contributed by atoms with Crippen molar-refractivity contribution < 1.29 is 9.47 Å². The van der Waals surface area contributed by atoms with Crippen molar-refractivity contribution in [2.24, 2.45) is 0 Å². The van der Waals surface area contributed by atoms with Gasteiger partial charge in [-0.25, -0.2) is 0 Å². The van der Waals surface area contributed by atoms with Gasteiger partial charge in [0, 0.05) is 13.0 Å². The Kier molecular flexibility index (Phi) is 3.43. The minimum atomic E-state index is 0.291. The maximum atomic E-state index is 5.36. The van der Waals surface area contributed by atoms with Crippen LogP contribution in [-0.4, -0.2) is 19.3 Å². The zero-order valence-corrected chi connectivity index (χ0v) is 7.14. The first-order chi connectivity index (χ1) is 5.33. The molecule has 1 rings (SSSR count). The van der Waals surface area contributed by atoms with Gasteiger partial charge in [0.25, 0.3) is 0 Å². The molecule has 1 aliphatic rings. The maximum absolute atomic E-state index is 5.36. The van der Waals surface area contributed by atoms with Crippen molar-refractivity contribution in [1.29, 1.82) is 0 Å². The van der Waals surface area contributed by atoms with Crippen molar-refractivity contribution in [1.82, 2.24) is 0 Å². The van der Waals surface area contributed by atoms with Gasteiger partial charge in [0.05, 0.1) is 12.4 Å². The molecule has 0 aromatic rings. The van der Waals surface area contributed by atoms with Crippen molar-refractivity contribution in [2.45, 2.75) is 32.3 Å². The van der Waals surface area contributed by atoms with E-state index in [-0.39, 0.29) is 0 Å². The van der Waals surface area contributed by atoms with E-state index in [0.717, 1.165) is 31.8 Å². The quantitative estimate of drug-likeness (QED) is 0.567. The molecule has 1 saturated heterocycles. The lowest BCUT2D eigenvalue weighted by atomic mass is 10.1. The SMILES string of the molecule is C=C1CC(COCCCC)O1. The van der Waals surface area contributed by atoms with E-state index in [1.54, 1.807) is 0 Å². The summed E-state index contributed by atoms with van der Waals surface area (Å²) in [5.74, 6) is 0.897. The van der Waals surface area contributed by atoms with Gasteiger partial charge < -0.3 is 9.47 Å². The Bertz CT molecular complexity index is 124. The molecule has 1 heterocycles. The lowest BCUT2D eigenvalue weighted by Crippen LogP contribution is -2.29. The summed E-state index contributed by atoms with van der Waals surface area (Å²) in [6.45, 7) is 7.43. The van der Waals surface area contributed by atoms with E-state index in [1.807, 2.05) is 0 Å². The fourth-order valence-corrected chi connectivity index (χ4v) is 1.03. The molecule has 1 unspecified atom stereocenters. The van der Waals surface area contributed by atoms with Gasteiger partial charge in [-0.2, -0.15) is 0 Å². The van der Waals surface area contributed by atoms with Crippen molar-refractivity contribution in [2.75, 3.05) is 13.2 Å². The van der Waals surface area contributed by atoms with Crippen molar-refractivity contribution in [3.05, 3.63) is 12.3 Å². The molecule has 0 bridgehead atoms. The van der Waals surface area contributed by atoms with Gasteiger partial charge in [-0.05, 0) is 6.42 Å². The number of unbranched alkanes of at least 4 members (excludes halogenated alkanes) is 1. The number of ether oxygens (including phenoxy) is 2. The predicted molar refractivity (Wildman–Crippen MR) is 44.4 cm³/mol. The van der Waals surface area contributed by atoms with E-state index in [2.05, 4.69) is 13.5 Å². The van der Waals surface area contributed by atoms with Crippen LogP contribution in [0.4, 0.5) is 0 Å². The van der Waals surface area contributed by atoms with Crippen molar-refractivity contribution >= 4 is 0 Å². The van der Waals surface area contributed by atoms with Crippen LogP contribution >= 0.6 is 0 Å². The highest BCUT2D eigenvalue weighted by Gasteiger charge is 2.22. The van der Waals surface area contributed by atoms with Gasteiger partial charge in [-0.15, -0.1) is 0 Å². The molecule has 1 aliphatic heterocycles. The summed E-state index contributed by atoms with van der Waals surface area (Å²) < 4.78 is 10.6. The molecule has 2 heteroatoms. The third-order valence-electron chi connectivity index (χ3n) is 1.73. The molecule has 0 spiro atoms. The first-order valence-electron chi connectivity index (χ1n) is 4.25. The molecule has 0 saturated carbocycles. The van der Waals surface area contributed by atoms with E-state index < -0.39 is 0 Å². The van der Waals surface area contributed by atoms with Crippen molar-refractivity contribution in [3.8, 4) is 0 Å². The molecule has 64 valence electrons. The second-order valence-electron chi connectivity index (χ2n) is 2.91. The number of rotatable bonds is 5. The van der Waals surface area contributed by atoms with Gasteiger partial charge in [0.15, 0.2) is 0 Å². The third kappa shape index (κ3) is 2.93. The standard InChI is InChI=1S/C9H16O2/c1-3-4-5-10-7-9-6-8(2)11-9/h9H,2-7H2,1H3. The highest BCUT2D eigenvalue weighted by molar-refractivity contribution is 4.96. The predicted octanol–water partition coefficient (Wildman–Crippen LogP) is 2.11. The lowest BCUT2D eigenvalue weighted by molar-refractivity contribution is -0.0433. The van der Waals surface area contributed by atoms with E-state index in [9.17, 15) is 0 Å². The molecule has 0 aliphatic carbocycles. The summed E-state index contributed by atoms with van der Waals surface area (Å²) in [6.07, 6.45) is 3.61. The topological polar surface area (TPSA) is 18.5 Å². The fourth-order valence-electron chi connectivity index (χ4n) is 1.03. The molecule has 0 radical (unpaired) electrons. The van der Waals surface area contributed by atoms with Gasteiger partial charge in [-0.3, -0.25) is 0 Å². The molecular weight excluding hydrogens is 140 g/mol. The first-order valence-corrected chi connectivity index (χ1v) is 4.25. The normalized spacial score (nSPS) is 22.6. The van der Waals surface area contributed by atoms with Crippen LogP contribution in [0, 0.1) is 0 Å². The minimum absolute atomic E-state index is 0.291. The second kappa shape index (κ2) is 4.39. The Hall–Kier alpha value is -0.500. The molecule has 1 fully saturated rings. The van der Waals surface area contributed by atoms with Crippen LogP contribution in [0.3, 0.4) is 0 Å². The van der Waals surface area contributed by atoms with Crippen molar-refractivity contribution in [3.63, 3.8) is 0 Å². The van der Waals surface area contributed by atoms with Gasteiger partial charge in [0.2, 0.25) is 0 Å². The third-order valence-corrected chi connectivity index (χ3v) is 1.73. The molecule has 0 N–H and O–H groups in total. The molecule has 1 atom stereocenters. The van der Waals surface area contributed by atoms with Crippen LogP contribution in [0.1, 0.15) is 26.2 Å². The summed E-state index contributed by atoms with van der Waals surface area (Å²) >= 11 is 0. The van der Waals surface area contributed by atoms with Crippen LogP contribution in [0.15, 0.2) is 12.3 Å². The highest BCUT2D eigenvalue weighted by Crippen LogP contribution is 2.22. The number of hydrogen-bond donors (Lipinski definition) is 0. The Morgan fingerprint density at radius 2 is 2.45 bits per heavy atom. The first kappa shape index (κ1) is 8.60. The zero-order chi connectivity index (χ0) is 8.10. The zero-order valence-electron chi connectivity index (χ0n) is 7.14. The monoisotopic (exact) mass is 156 g/mol. The minimum Gasteiger partial charge on any atom is -0.492 e. The van der Waals surface area contributed by atoms with E-state index in [4.69, 9.17) is 9.47 Å². The molecule has 11 heavy (non-hydrogen) atoms. The fraction of sp³-hybridized carbons (Fsp3) is 0.778. The number of hydrogen-bond acceptors (Lipinski definition) is 2. The van der Waals surface area contributed by atoms with E-state index in [1.165, 1.54) is 6.42 Å². The van der Waals surface area contributed by atoms with E-state index in [0.29, 0.717) is 6.10 Å². The Labute approximate surface area is 68.2 Å². The Morgan fingerprint density at radius 3 is 3.00 bits per heavy atom. The summed E-state index contributed by atoms with van der Waals surface area (Å²) in [5.41, 5.74) is 0.